The highest BCUT2D eigenvalue weighted by molar-refractivity contribution is 6.34. The van der Waals surface area contributed by atoms with Crippen LogP contribution in [0.25, 0.3) is 0 Å². The second-order valence-corrected chi connectivity index (χ2v) is 4.19. The molecule has 1 heterocycles. The molecular formula is C11H13ClN2O2. The molecule has 1 amide bonds. The van der Waals surface area contributed by atoms with Crippen molar-refractivity contribution in [1.29, 1.82) is 0 Å². The fraction of sp³-hybridized carbons (Fsp3) is 0.364. The summed E-state index contributed by atoms with van der Waals surface area (Å²) in [6.07, 6.45) is 0.369. The van der Waals surface area contributed by atoms with Crippen LogP contribution in [-0.4, -0.2) is 25.6 Å². The van der Waals surface area contributed by atoms with Gasteiger partial charge in [0.05, 0.1) is 17.8 Å². The van der Waals surface area contributed by atoms with Crippen LogP contribution in [0.1, 0.15) is 6.42 Å². The summed E-state index contributed by atoms with van der Waals surface area (Å²) in [4.78, 5) is 13.3. The summed E-state index contributed by atoms with van der Waals surface area (Å²) in [5, 5.41) is 0.531. The number of carbonyl (C=O) groups is 1. The van der Waals surface area contributed by atoms with E-state index in [0.29, 0.717) is 29.4 Å². The second kappa shape index (κ2) is 4.31. The van der Waals surface area contributed by atoms with E-state index in [1.54, 1.807) is 30.2 Å². The van der Waals surface area contributed by atoms with Gasteiger partial charge in [-0.1, -0.05) is 11.6 Å². The molecule has 1 unspecified atom stereocenters. The maximum Gasteiger partial charge on any atom is 0.228 e. The highest BCUT2D eigenvalue weighted by Gasteiger charge is 2.29. The average Bonchev–Trinajstić information content (AvgIpc) is 2.58. The molecule has 1 aliphatic heterocycles. The highest BCUT2D eigenvalue weighted by Crippen LogP contribution is 2.32. The number of hydrogen-bond acceptors (Lipinski definition) is 3. The monoisotopic (exact) mass is 240 g/mol. The first-order valence-corrected chi connectivity index (χ1v) is 5.39. The maximum atomic E-state index is 11.7. The van der Waals surface area contributed by atoms with Gasteiger partial charge in [-0.05, 0) is 12.1 Å². The summed E-state index contributed by atoms with van der Waals surface area (Å²) in [6, 6.07) is 5.10. The van der Waals surface area contributed by atoms with E-state index in [9.17, 15) is 4.79 Å². The summed E-state index contributed by atoms with van der Waals surface area (Å²) < 4.78 is 5.10. The van der Waals surface area contributed by atoms with E-state index in [1.165, 1.54) is 0 Å². The predicted molar refractivity (Wildman–Crippen MR) is 62.9 cm³/mol. The number of ether oxygens (including phenoxy) is 1. The lowest BCUT2D eigenvalue weighted by molar-refractivity contribution is -0.117. The Balaban J connectivity index is 2.35. The van der Waals surface area contributed by atoms with Crippen molar-refractivity contribution >= 4 is 23.2 Å². The van der Waals surface area contributed by atoms with Gasteiger partial charge in [0.25, 0.3) is 0 Å². The van der Waals surface area contributed by atoms with E-state index in [-0.39, 0.29) is 11.9 Å². The van der Waals surface area contributed by atoms with E-state index >= 15 is 0 Å². The van der Waals surface area contributed by atoms with Crippen LogP contribution in [0.5, 0.6) is 5.75 Å². The second-order valence-electron chi connectivity index (χ2n) is 3.79. The number of nitrogens with two attached hydrogens (primary N) is 1. The van der Waals surface area contributed by atoms with Crippen molar-refractivity contribution in [3.05, 3.63) is 23.2 Å². The molecule has 1 saturated heterocycles. The van der Waals surface area contributed by atoms with E-state index < -0.39 is 0 Å². The standard InChI is InChI=1S/C11H13ClN2O2/c1-16-8-2-3-9(12)10(5-8)14-6-7(13)4-11(14)15/h2-3,5,7H,4,6,13H2,1H3. The Kier molecular flexibility index (Phi) is 3.03. The number of amides is 1. The van der Waals surface area contributed by atoms with Crippen molar-refractivity contribution in [3.8, 4) is 5.75 Å². The predicted octanol–water partition coefficient (Wildman–Crippen LogP) is 1.41. The first-order valence-electron chi connectivity index (χ1n) is 5.01. The zero-order valence-electron chi connectivity index (χ0n) is 8.94. The fourth-order valence-electron chi connectivity index (χ4n) is 1.79. The molecule has 0 aliphatic carbocycles. The molecule has 86 valence electrons. The molecule has 1 aliphatic rings. The molecule has 2 rings (SSSR count). The zero-order chi connectivity index (χ0) is 11.7. The molecule has 4 nitrogen and oxygen atoms in total. The van der Waals surface area contributed by atoms with E-state index in [2.05, 4.69) is 0 Å². The lowest BCUT2D eigenvalue weighted by Gasteiger charge is -2.18. The van der Waals surface area contributed by atoms with Gasteiger partial charge in [-0.2, -0.15) is 0 Å². The molecule has 0 bridgehead atoms. The zero-order valence-corrected chi connectivity index (χ0v) is 9.70. The van der Waals surface area contributed by atoms with Crippen molar-refractivity contribution in [2.24, 2.45) is 5.73 Å². The number of carbonyl (C=O) groups excluding carboxylic acids is 1. The number of nitrogens with zero attached hydrogens (tertiary/aromatic N) is 1. The number of halogens is 1. The van der Waals surface area contributed by atoms with E-state index in [1.807, 2.05) is 0 Å². The third kappa shape index (κ3) is 1.99. The Labute approximate surface area is 98.9 Å². The fourth-order valence-corrected chi connectivity index (χ4v) is 2.01. The SMILES string of the molecule is COc1ccc(Cl)c(N2CC(N)CC2=O)c1. The lowest BCUT2D eigenvalue weighted by Crippen LogP contribution is -2.28. The first kappa shape index (κ1) is 11.2. The van der Waals surface area contributed by atoms with Gasteiger partial charge in [-0.3, -0.25) is 4.79 Å². The van der Waals surface area contributed by atoms with Gasteiger partial charge in [0.15, 0.2) is 0 Å². The van der Waals surface area contributed by atoms with Crippen LogP contribution in [0.3, 0.4) is 0 Å². The van der Waals surface area contributed by atoms with Crippen molar-refractivity contribution in [2.45, 2.75) is 12.5 Å². The van der Waals surface area contributed by atoms with Crippen LogP contribution in [-0.2, 0) is 4.79 Å². The van der Waals surface area contributed by atoms with Gasteiger partial charge in [0.1, 0.15) is 5.75 Å². The Morgan fingerprint density at radius 3 is 2.88 bits per heavy atom. The Hall–Kier alpha value is -1.26. The van der Waals surface area contributed by atoms with Gasteiger partial charge >= 0.3 is 0 Å². The van der Waals surface area contributed by atoms with Crippen LogP contribution < -0.4 is 15.4 Å². The van der Waals surface area contributed by atoms with Gasteiger partial charge in [-0.25, -0.2) is 0 Å². The summed E-state index contributed by atoms with van der Waals surface area (Å²) in [7, 11) is 1.57. The molecule has 1 atom stereocenters. The van der Waals surface area contributed by atoms with Crippen LogP contribution >= 0.6 is 11.6 Å². The number of methoxy groups -OCH3 is 1. The minimum Gasteiger partial charge on any atom is -0.497 e. The van der Waals surface area contributed by atoms with E-state index in [4.69, 9.17) is 22.1 Å². The van der Waals surface area contributed by atoms with Gasteiger partial charge in [-0.15, -0.1) is 0 Å². The molecular weight excluding hydrogens is 228 g/mol. The Morgan fingerprint density at radius 1 is 1.56 bits per heavy atom. The molecule has 5 heteroatoms. The molecule has 1 aromatic carbocycles. The summed E-state index contributed by atoms with van der Waals surface area (Å²) >= 11 is 6.06. The largest absolute Gasteiger partial charge is 0.497 e. The van der Waals surface area contributed by atoms with Crippen molar-refractivity contribution in [3.63, 3.8) is 0 Å². The number of anilines is 1. The molecule has 0 spiro atoms. The summed E-state index contributed by atoms with van der Waals surface area (Å²) in [5.41, 5.74) is 6.40. The molecule has 0 aromatic heterocycles. The van der Waals surface area contributed by atoms with Crippen LogP contribution in [0.2, 0.25) is 5.02 Å². The minimum absolute atomic E-state index is 0.00246. The normalized spacial score (nSPS) is 20.3. The lowest BCUT2D eigenvalue weighted by atomic mass is 10.2. The van der Waals surface area contributed by atoms with Crippen molar-refractivity contribution in [2.75, 3.05) is 18.6 Å². The van der Waals surface area contributed by atoms with E-state index in [0.717, 1.165) is 0 Å². The number of rotatable bonds is 2. The topological polar surface area (TPSA) is 55.6 Å². The summed E-state index contributed by atoms with van der Waals surface area (Å²) in [5.74, 6) is 0.676. The van der Waals surface area contributed by atoms with Crippen molar-refractivity contribution < 1.29 is 9.53 Å². The minimum atomic E-state index is -0.116. The van der Waals surface area contributed by atoms with Gasteiger partial charge in [0, 0.05) is 25.1 Å². The smallest absolute Gasteiger partial charge is 0.228 e. The van der Waals surface area contributed by atoms with Crippen molar-refractivity contribution in [1.82, 2.24) is 0 Å². The quantitative estimate of drug-likeness (QED) is 0.851. The molecule has 1 aromatic rings. The van der Waals surface area contributed by atoms with Gasteiger partial charge in [0.2, 0.25) is 5.91 Å². The Bertz CT molecular complexity index is 422. The number of hydrogen-bond donors (Lipinski definition) is 1. The summed E-state index contributed by atoms with van der Waals surface area (Å²) in [6.45, 7) is 0.506. The maximum absolute atomic E-state index is 11.7. The molecule has 0 saturated carbocycles. The number of benzene rings is 1. The van der Waals surface area contributed by atoms with Crippen LogP contribution in [0.15, 0.2) is 18.2 Å². The third-order valence-corrected chi connectivity index (χ3v) is 2.92. The van der Waals surface area contributed by atoms with Gasteiger partial charge < -0.3 is 15.4 Å². The molecule has 1 fully saturated rings. The first-order chi connectivity index (χ1) is 7.61. The van der Waals surface area contributed by atoms with Crippen LogP contribution in [0.4, 0.5) is 5.69 Å². The highest BCUT2D eigenvalue weighted by atomic mass is 35.5. The molecule has 16 heavy (non-hydrogen) atoms. The molecule has 2 N–H and O–H groups in total. The molecule has 0 radical (unpaired) electrons. The third-order valence-electron chi connectivity index (χ3n) is 2.60. The average molecular weight is 241 g/mol. The Morgan fingerprint density at radius 2 is 2.31 bits per heavy atom. The van der Waals surface area contributed by atoms with Crippen LogP contribution in [0, 0.1) is 0 Å².